The normalized spacial score (nSPS) is 20.6. The second kappa shape index (κ2) is 2.68. The van der Waals surface area contributed by atoms with Gasteiger partial charge in [-0.25, -0.2) is 0 Å². The van der Waals surface area contributed by atoms with Crippen LogP contribution in [0, 0.1) is 0 Å². The van der Waals surface area contributed by atoms with Crippen molar-refractivity contribution in [3.63, 3.8) is 0 Å². The fourth-order valence-electron chi connectivity index (χ4n) is 1.85. The molecule has 3 nitrogen and oxygen atoms in total. The van der Waals surface area contributed by atoms with Gasteiger partial charge in [0, 0.05) is 5.57 Å². The molecule has 0 aromatic heterocycles. The van der Waals surface area contributed by atoms with E-state index in [-0.39, 0.29) is 4.91 Å². The lowest BCUT2D eigenvalue weighted by atomic mass is 10.2. The molecule has 0 spiro atoms. The molecule has 2 rings (SSSR count). The van der Waals surface area contributed by atoms with E-state index < -0.39 is 10.1 Å². The van der Waals surface area contributed by atoms with Crippen LogP contribution in [-0.2, 0) is 10.1 Å². The van der Waals surface area contributed by atoms with Crippen molar-refractivity contribution < 1.29 is 13.0 Å². The average Bonchev–Trinajstić information content (AvgIpc) is 2.38. The van der Waals surface area contributed by atoms with E-state index in [1.54, 1.807) is 19.1 Å². The van der Waals surface area contributed by atoms with Crippen molar-refractivity contribution in [3.8, 4) is 0 Å². The molecule has 0 bridgehead atoms. The van der Waals surface area contributed by atoms with Crippen LogP contribution < -0.4 is 0 Å². The second-order valence-electron chi connectivity index (χ2n) is 3.53. The molecule has 0 fully saturated rings. The molecule has 0 saturated heterocycles. The summed E-state index contributed by atoms with van der Waals surface area (Å²) in [6.07, 6.45) is 5.44. The van der Waals surface area contributed by atoms with Crippen LogP contribution >= 0.6 is 0 Å². The van der Waals surface area contributed by atoms with Gasteiger partial charge in [0.2, 0.25) is 0 Å². The van der Waals surface area contributed by atoms with Gasteiger partial charge in [0.25, 0.3) is 10.1 Å². The highest BCUT2D eigenvalue weighted by atomic mass is 32.2. The summed E-state index contributed by atoms with van der Waals surface area (Å²) >= 11 is 0. The minimum absolute atomic E-state index is 0.0422. The predicted molar refractivity (Wildman–Crippen MR) is 54.2 cm³/mol. The van der Waals surface area contributed by atoms with E-state index in [1.165, 1.54) is 0 Å². The van der Waals surface area contributed by atoms with E-state index >= 15 is 0 Å². The van der Waals surface area contributed by atoms with Gasteiger partial charge in [-0.2, -0.15) is 8.42 Å². The second-order valence-corrected chi connectivity index (χ2v) is 4.89. The lowest BCUT2D eigenvalue weighted by Gasteiger charge is -2.00. The topological polar surface area (TPSA) is 54.4 Å². The zero-order chi connectivity index (χ0) is 10.5. The van der Waals surface area contributed by atoms with Crippen molar-refractivity contribution in [2.24, 2.45) is 0 Å². The first-order valence-electron chi connectivity index (χ1n) is 4.20. The third-order valence-corrected chi connectivity index (χ3v) is 3.36. The Morgan fingerprint density at radius 3 is 2.36 bits per heavy atom. The zero-order valence-electron chi connectivity index (χ0n) is 7.90. The standard InChI is InChI=1S/C10H10O3S/c1-6-3-8-5-7(2)10(9(8)4-6)14(11,12)13/h3-5H,1-2H3,(H,11,12,13). The zero-order valence-corrected chi connectivity index (χ0v) is 8.72. The van der Waals surface area contributed by atoms with Crippen molar-refractivity contribution in [2.75, 3.05) is 0 Å². The molecular weight excluding hydrogens is 200 g/mol. The summed E-state index contributed by atoms with van der Waals surface area (Å²) in [4.78, 5) is 0.0422. The fourth-order valence-corrected chi connectivity index (χ4v) is 2.77. The molecule has 0 unspecified atom stereocenters. The van der Waals surface area contributed by atoms with Crippen molar-refractivity contribution in [3.05, 3.63) is 45.4 Å². The Bertz CT molecular complexity index is 528. The van der Waals surface area contributed by atoms with Gasteiger partial charge in [-0.05, 0) is 36.6 Å². The van der Waals surface area contributed by atoms with Gasteiger partial charge in [0.15, 0.2) is 0 Å². The fraction of sp³-hybridized carbons (Fsp3) is 0.200. The Balaban J connectivity index is 2.72. The largest absolute Gasteiger partial charge is 0.295 e. The number of allylic oxidation sites excluding steroid dienone is 7. The molecule has 0 atom stereocenters. The first-order chi connectivity index (χ1) is 6.39. The van der Waals surface area contributed by atoms with E-state index in [0.29, 0.717) is 11.1 Å². The van der Waals surface area contributed by atoms with Gasteiger partial charge in [0.1, 0.15) is 4.91 Å². The predicted octanol–water partition coefficient (Wildman–Crippen LogP) is 1.97. The third kappa shape index (κ3) is 1.27. The Hall–Kier alpha value is -1.13. The molecule has 2 aliphatic rings. The third-order valence-electron chi connectivity index (χ3n) is 2.30. The van der Waals surface area contributed by atoms with E-state index in [1.807, 2.05) is 13.0 Å². The number of rotatable bonds is 1. The molecule has 1 N–H and O–H groups in total. The first kappa shape index (κ1) is 9.43. The molecule has 74 valence electrons. The van der Waals surface area contributed by atoms with Crippen LogP contribution in [0.25, 0.3) is 0 Å². The number of fused-ring (bicyclic) bond motifs is 1. The molecule has 2 aliphatic carbocycles. The summed E-state index contributed by atoms with van der Waals surface area (Å²) in [5, 5.41) is 0. The van der Waals surface area contributed by atoms with Crippen LogP contribution in [0.2, 0.25) is 0 Å². The van der Waals surface area contributed by atoms with Crippen molar-refractivity contribution in [2.45, 2.75) is 13.8 Å². The average molecular weight is 210 g/mol. The van der Waals surface area contributed by atoms with Crippen LogP contribution in [0.4, 0.5) is 0 Å². The Morgan fingerprint density at radius 2 is 1.79 bits per heavy atom. The lowest BCUT2D eigenvalue weighted by molar-refractivity contribution is 0.491. The monoisotopic (exact) mass is 210 g/mol. The summed E-state index contributed by atoms with van der Waals surface area (Å²) in [5.41, 5.74) is 3.08. The van der Waals surface area contributed by atoms with Crippen LogP contribution in [0.5, 0.6) is 0 Å². The van der Waals surface area contributed by atoms with E-state index in [4.69, 9.17) is 4.55 Å². The Kier molecular flexibility index (Phi) is 1.81. The van der Waals surface area contributed by atoms with Gasteiger partial charge >= 0.3 is 0 Å². The molecule has 0 saturated carbocycles. The van der Waals surface area contributed by atoms with Crippen LogP contribution in [0.1, 0.15) is 13.8 Å². The van der Waals surface area contributed by atoms with E-state index in [2.05, 4.69) is 0 Å². The highest BCUT2D eigenvalue weighted by Crippen LogP contribution is 2.38. The van der Waals surface area contributed by atoms with Crippen LogP contribution in [0.15, 0.2) is 45.4 Å². The van der Waals surface area contributed by atoms with Gasteiger partial charge in [0.05, 0.1) is 0 Å². The maximum atomic E-state index is 11.1. The maximum absolute atomic E-state index is 11.1. The summed E-state index contributed by atoms with van der Waals surface area (Å²) in [7, 11) is -4.10. The summed E-state index contributed by atoms with van der Waals surface area (Å²) in [6, 6.07) is 0. The molecule has 0 radical (unpaired) electrons. The minimum Gasteiger partial charge on any atom is -0.282 e. The first-order valence-corrected chi connectivity index (χ1v) is 5.64. The lowest BCUT2D eigenvalue weighted by Crippen LogP contribution is -2.02. The van der Waals surface area contributed by atoms with Crippen LogP contribution in [-0.4, -0.2) is 13.0 Å². The van der Waals surface area contributed by atoms with Crippen molar-refractivity contribution in [1.82, 2.24) is 0 Å². The molecule has 0 aliphatic heterocycles. The smallest absolute Gasteiger partial charge is 0.282 e. The molecule has 0 amide bonds. The quantitative estimate of drug-likeness (QED) is 0.673. The summed E-state index contributed by atoms with van der Waals surface area (Å²) in [6.45, 7) is 3.57. The molecule has 0 aromatic rings. The van der Waals surface area contributed by atoms with Crippen molar-refractivity contribution in [1.29, 1.82) is 0 Å². The van der Waals surface area contributed by atoms with Crippen LogP contribution in [0.3, 0.4) is 0 Å². The summed E-state index contributed by atoms with van der Waals surface area (Å²) < 4.78 is 31.2. The van der Waals surface area contributed by atoms with E-state index in [0.717, 1.165) is 11.1 Å². The number of hydrogen-bond acceptors (Lipinski definition) is 2. The minimum atomic E-state index is -4.10. The molecular formula is C10H10O3S. The van der Waals surface area contributed by atoms with Gasteiger partial charge in [-0.15, -0.1) is 0 Å². The van der Waals surface area contributed by atoms with Gasteiger partial charge < -0.3 is 0 Å². The summed E-state index contributed by atoms with van der Waals surface area (Å²) in [5.74, 6) is 0. The van der Waals surface area contributed by atoms with E-state index in [9.17, 15) is 8.42 Å². The van der Waals surface area contributed by atoms with Gasteiger partial charge in [-0.3, -0.25) is 4.55 Å². The molecule has 0 heterocycles. The molecule has 4 heteroatoms. The maximum Gasteiger partial charge on any atom is 0.295 e. The highest BCUT2D eigenvalue weighted by molar-refractivity contribution is 7.90. The van der Waals surface area contributed by atoms with Crippen molar-refractivity contribution >= 4 is 10.1 Å². The SMILES string of the molecule is CC1=CC2=C(S(=O)(=O)O)C(C)=CC2=C1. The highest BCUT2D eigenvalue weighted by Gasteiger charge is 2.28. The Morgan fingerprint density at radius 1 is 1.14 bits per heavy atom. The molecule has 14 heavy (non-hydrogen) atoms. The molecule has 0 aromatic carbocycles. The Labute approximate surface area is 82.9 Å². The van der Waals surface area contributed by atoms with Gasteiger partial charge in [-0.1, -0.05) is 12.2 Å². The number of hydrogen-bond donors (Lipinski definition) is 1.